The van der Waals surface area contributed by atoms with Gasteiger partial charge in [0.2, 0.25) is 0 Å². The molecule has 1 aliphatic heterocycles. The zero-order chi connectivity index (χ0) is 23.7. The molecule has 1 atom stereocenters. The van der Waals surface area contributed by atoms with Crippen molar-refractivity contribution in [2.75, 3.05) is 24.5 Å². The molecule has 0 saturated carbocycles. The third-order valence-electron chi connectivity index (χ3n) is 6.08. The summed E-state index contributed by atoms with van der Waals surface area (Å²) in [5.74, 6) is 2.73. The summed E-state index contributed by atoms with van der Waals surface area (Å²) in [4.78, 5) is 17.6. The number of anilines is 1. The molecule has 3 aromatic rings. The molecule has 1 fully saturated rings. The molecule has 0 aliphatic carbocycles. The predicted molar refractivity (Wildman–Crippen MR) is 134 cm³/mol. The van der Waals surface area contributed by atoms with Gasteiger partial charge in [-0.15, -0.1) is 6.42 Å². The first-order chi connectivity index (χ1) is 15.8. The fourth-order valence-corrected chi connectivity index (χ4v) is 4.91. The number of hydrogen-bond donors (Lipinski definition) is 1. The average molecular weight is 479 g/mol. The molecule has 0 bridgehead atoms. The van der Waals surface area contributed by atoms with E-state index in [4.69, 9.17) is 29.6 Å². The molecular formula is C27H24Cl2N2O2. The van der Waals surface area contributed by atoms with Crippen LogP contribution in [0.25, 0.3) is 0 Å². The largest absolute Gasteiger partial charge is 0.508 e. The van der Waals surface area contributed by atoms with E-state index in [2.05, 4.69) is 10.8 Å². The van der Waals surface area contributed by atoms with Gasteiger partial charge in [0.05, 0.1) is 16.8 Å². The SMILES string of the molecule is C#Cc1ccc(N2CCN(C(=O)c3c(C)cc(O)cc3C)C[C@H]2c2ccc(Cl)cc2)c(Cl)c1. The maximum absolute atomic E-state index is 13.5. The second-order valence-corrected chi connectivity index (χ2v) is 9.12. The summed E-state index contributed by atoms with van der Waals surface area (Å²) >= 11 is 12.7. The highest BCUT2D eigenvalue weighted by Gasteiger charge is 2.33. The molecule has 168 valence electrons. The van der Waals surface area contributed by atoms with Gasteiger partial charge in [-0.1, -0.05) is 41.3 Å². The molecule has 1 aliphatic rings. The van der Waals surface area contributed by atoms with Crippen molar-refractivity contribution in [3.63, 3.8) is 0 Å². The number of rotatable bonds is 3. The predicted octanol–water partition coefficient (Wildman–Crippen LogP) is 6.00. The zero-order valence-corrected chi connectivity index (χ0v) is 20.0. The monoisotopic (exact) mass is 478 g/mol. The van der Waals surface area contributed by atoms with Crippen LogP contribution < -0.4 is 4.90 Å². The fourth-order valence-electron chi connectivity index (χ4n) is 4.49. The van der Waals surface area contributed by atoms with Crippen LogP contribution in [0.4, 0.5) is 5.69 Å². The van der Waals surface area contributed by atoms with Crippen LogP contribution in [-0.2, 0) is 0 Å². The van der Waals surface area contributed by atoms with Crippen molar-refractivity contribution in [1.82, 2.24) is 4.90 Å². The van der Waals surface area contributed by atoms with Crippen molar-refractivity contribution in [2.45, 2.75) is 19.9 Å². The number of halogens is 2. The van der Waals surface area contributed by atoms with Crippen LogP contribution in [0.2, 0.25) is 10.0 Å². The first-order valence-electron chi connectivity index (χ1n) is 10.7. The quantitative estimate of drug-likeness (QED) is 0.469. The van der Waals surface area contributed by atoms with Gasteiger partial charge in [-0.3, -0.25) is 4.79 Å². The van der Waals surface area contributed by atoms with E-state index < -0.39 is 0 Å². The number of carbonyl (C=O) groups is 1. The Bertz CT molecular complexity index is 1220. The molecule has 4 rings (SSSR count). The molecule has 0 radical (unpaired) electrons. The van der Waals surface area contributed by atoms with Gasteiger partial charge in [0.15, 0.2) is 0 Å². The summed E-state index contributed by atoms with van der Waals surface area (Å²) in [6, 6.07) is 16.4. The molecule has 1 amide bonds. The van der Waals surface area contributed by atoms with Crippen LogP contribution >= 0.6 is 23.2 Å². The van der Waals surface area contributed by atoms with E-state index in [1.54, 1.807) is 18.2 Å². The minimum Gasteiger partial charge on any atom is -0.508 e. The number of carbonyl (C=O) groups excluding carboxylic acids is 1. The van der Waals surface area contributed by atoms with Gasteiger partial charge in [-0.2, -0.15) is 0 Å². The van der Waals surface area contributed by atoms with Gasteiger partial charge in [0.1, 0.15) is 5.75 Å². The van der Waals surface area contributed by atoms with Gasteiger partial charge in [0.25, 0.3) is 5.91 Å². The Morgan fingerprint density at radius 2 is 1.70 bits per heavy atom. The number of hydrogen-bond acceptors (Lipinski definition) is 3. The van der Waals surface area contributed by atoms with Crippen LogP contribution in [0, 0.1) is 26.2 Å². The lowest BCUT2D eigenvalue weighted by molar-refractivity contribution is 0.0720. The lowest BCUT2D eigenvalue weighted by Gasteiger charge is -2.43. The van der Waals surface area contributed by atoms with Gasteiger partial charge in [-0.05, 0) is 73.0 Å². The number of aryl methyl sites for hydroxylation is 2. The number of terminal acetylenes is 1. The van der Waals surface area contributed by atoms with Crippen molar-refractivity contribution in [1.29, 1.82) is 0 Å². The van der Waals surface area contributed by atoms with Crippen molar-refractivity contribution in [2.24, 2.45) is 0 Å². The number of phenols is 1. The van der Waals surface area contributed by atoms with E-state index in [0.717, 1.165) is 27.9 Å². The summed E-state index contributed by atoms with van der Waals surface area (Å²) in [6.07, 6.45) is 5.53. The Morgan fingerprint density at radius 3 is 2.30 bits per heavy atom. The van der Waals surface area contributed by atoms with Crippen LogP contribution in [0.5, 0.6) is 5.75 Å². The van der Waals surface area contributed by atoms with Crippen molar-refractivity contribution >= 4 is 34.8 Å². The van der Waals surface area contributed by atoms with Gasteiger partial charge < -0.3 is 14.9 Å². The lowest BCUT2D eigenvalue weighted by atomic mass is 9.97. The van der Waals surface area contributed by atoms with Gasteiger partial charge >= 0.3 is 0 Å². The van der Waals surface area contributed by atoms with Crippen molar-refractivity contribution < 1.29 is 9.90 Å². The third-order valence-corrected chi connectivity index (χ3v) is 6.63. The molecule has 1 N–H and O–H groups in total. The molecule has 6 heteroatoms. The summed E-state index contributed by atoms with van der Waals surface area (Å²) in [7, 11) is 0. The summed E-state index contributed by atoms with van der Waals surface area (Å²) in [5, 5.41) is 11.1. The Hall–Kier alpha value is -3.13. The van der Waals surface area contributed by atoms with E-state index >= 15 is 0 Å². The molecule has 1 heterocycles. The van der Waals surface area contributed by atoms with Gasteiger partial charge in [0, 0.05) is 35.8 Å². The number of nitrogens with zero attached hydrogens (tertiary/aromatic N) is 2. The Morgan fingerprint density at radius 1 is 1.03 bits per heavy atom. The normalized spacial score (nSPS) is 15.9. The highest BCUT2D eigenvalue weighted by molar-refractivity contribution is 6.33. The zero-order valence-electron chi connectivity index (χ0n) is 18.5. The fraction of sp³-hybridized carbons (Fsp3) is 0.222. The third kappa shape index (κ3) is 4.66. The van der Waals surface area contributed by atoms with Crippen molar-refractivity contribution in [3.8, 4) is 18.1 Å². The first kappa shape index (κ1) is 23.0. The highest BCUT2D eigenvalue weighted by Crippen LogP contribution is 2.36. The lowest BCUT2D eigenvalue weighted by Crippen LogP contribution is -2.51. The molecular weight excluding hydrogens is 455 g/mol. The number of aromatic hydroxyl groups is 1. The summed E-state index contributed by atoms with van der Waals surface area (Å²) in [5.41, 5.74) is 4.78. The molecule has 0 aromatic heterocycles. The number of benzene rings is 3. The number of phenolic OH excluding ortho intramolecular Hbond substituents is 1. The average Bonchev–Trinajstić information content (AvgIpc) is 2.78. The van der Waals surface area contributed by atoms with Crippen molar-refractivity contribution in [3.05, 3.63) is 92.5 Å². The smallest absolute Gasteiger partial charge is 0.254 e. The van der Waals surface area contributed by atoms with E-state index in [0.29, 0.717) is 35.2 Å². The second-order valence-electron chi connectivity index (χ2n) is 8.28. The van der Waals surface area contributed by atoms with Crippen LogP contribution in [0.15, 0.2) is 54.6 Å². The Balaban J connectivity index is 1.71. The van der Waals surface area contributed by atoms with Gasteiger partial charge in [-0.25, -0.2) is 0 Å². The van der Waals surface area contributed by atoms with E-state index in [9.17, 15) is 9.90 Å². The summed E-state index contributed by atoms with van der Waals surface area (Å²) < 4.78 is 0. The van der Waals surface area contributed by atoms with E-state index in [-0.39, 0.29) is 17.7 Å². The molecule has 1 saturated heterocycles. The minimum absolute atomic E-state index is 0.0441. The number of piperazine rings is 1. The van der Waals surface area contributed by atoms with Crippen LogP contribution in [-0.4, -0.2) is 35.5 Å². The topological polar surface area (TPSA) is 43.8 Å². The van der Waals surface area contributed by atoms with E-state index in [1.807, 2.05) is 55.1 Å². The molecule has 3 aromatic carbocycles. The van der Waals surface area contributed by atoms with Crippen LogP contribution in [0.1, 0.15) is 38.7 Å². The highest BCUT2D eigenvalue weighted by atomic mass is 35.5. The summed E-state index contributed by atoms with van der Waals surface area (Å²) in [6.45, 7) is 5.31. The van der Waals surface area contributed by atoms with Crippen LogP contribution in [0.3, 0.4) is 0 Å². The molecule has 0 spiro atoms. The molecule has 33 heavy (non-hydrogen) atoms. The molecule has 4 nitrogen and oxygen atoms in total. The Labute approximate surface area is 204 Å². The Kier molecular flexibility index (Phi) is 6.56. The maximum Gasteiger partial charge on any atom is 0.254 e. The first-order valence-corrected chi connectivity index (χ1v) is 11.4. The second kappa shape index (κ2) is 9.39. The molecule has 0 unspecified atom stereocenters. The minimum atomic E-state index is -0.119. The number of amides is 1. The standard InChI is InChI=1S/C27H24Cl2N2O2/c1-4-19-5-10-24(23(29)15-19)31-12-11-30(16-25(31)20-6-8-21(28)9-7-20)27(33)26-17(2)13-22(32)14-18(26)3/h1,5-10,13-15,25,32H,11-12,16H2,2-3H3/t25-/m0/s1. The maximum atomic E-state index is 13.5. The van der Waals surface area contributed by atoms with E-state index in [1.165, 1.54) is 0 Å².